The van der Waals surface area contributed by atoms with Gasteiger partial charge in [0.1, 0.15) is 17.3 Å². The average Bonchev–Trinajstić information content (AvgIpc) is 3.23. The molecule has 33 heavy (non-hydrogen) atoms. The third-order valence-corrected chi connectivity index (χ3v) is 7.12. The van der Waals surface area contributed by atoms with Gasteiger partial charge in [0.05, 0.1) is 17.1 Å². The third kappa shape index (κ3) is 4.61. The number of anilines is 1. The fourth-order valence-electron chi connectivity index (χ4n) is 4.45. The van der Waals surface area contributed by atoms with E-state index in [1.54, 1.807) is 17.5 Å². The Balaban J connectivity index is 1.41. The van der Waals surface area contributed by atoms with Gasteiger partial charge >= 0.3 is 0 Å². The Kier molecular flexibility index (Phi) is 6.09. The Morgan fingerprint density at radius 3 is 2.85 bits per heavy atom. The molecule has 1 aliphatic heterocycles. The second-order valence-electron chi connectivity index (χ2n) is 8.49. The van der Waals surface area contributed by atoms with E-state index < -0.39 is 0 Å². The molecule has 7 nitrogen and oxygen atoms in total. The number of rotatable bonds is 5. The van der Waals surface area contributed by atoms with E-state index in [0.717, 1.165) is 52.5 Å². The fraction of sp³-hybridized carbons (Fsp3) is 0.360. The maximum atomic E-state index is 12.7. The standard InChI is InChI=1S/C25H26N4O3S/c1-16-24(28-25(33-16)19-9-5-6-12-26-19)17-10-11-21-20(13-17)29(23(31)15-32-21)14-22(30)27-18-7-3-2-4-8-18/h5-6,9-13,18H,2-4,7-8,14-15H2,1H3,(H,27,30). The van der Waals surface area contributed by atoms with Crippen LogP contribution < -0.4 is 15.0 Å². The van der Waals surface area contributed by atoms with E-state index in [-0.39, 0.29) is 31.0 Å². The lowest BCUT2D eigenvalue weighted by molar-refractivity contribution is -0.125. The first-order chi connectivity index (χ1) is 16.1. The van der Waals surface area contributed by atoms with Gasteiger partial charge in [-0.25, -0.2) is 4.98 Å². The van der Waals surface area contributed by atoms with Gasteiger partial charge in [0.15, 0.2) is 6.61 Å². The van der Waals surface area contributed by atoms with Crippen LogP contribution in [0.3, 0.4) is 0 Å². The van der Waals surface area contributed by atoms with E-state index >= 15 is 0 Å². The smallest absolute Gasteiger partial charge is 0.265 e. The zero-order chi connectivity index (χ0) is 22.8. The van der Waals surface area contributed by atoms with Gasteiger partial charge in [0.25, 0.3) is 5.91 Å². The summed E-state index contributed by atoms with van der Waals surface area (Å²) >= 11 is 1.58. The molecule has 0 atom stereocenters. The highest BCUT2D eigenvalue weighted by atomic mass is 32.1. The van der Waals surface area contributed by atoms with Crippen LogP contribution in [0.25, 0.3) is 22.0 Å². The predicted molar refractivity (Wildman–Crippen MR) is 128 cm³/mol. The van der Waals surface area contributed by atoms with Crippen LogP contribution in [0.4, 0.5) is 5.69 Å². The second kappa shape index (κ2) is 9.31. The van der Waals surface area contributed by atoms with E-state index in [9.17, 15) is 9.59 Å². The number of hydrogen-bond donors (Lipinski definition) is 1. The van der Waals surface area contributed by atoms with Crippen LogP contribution in [-0.2, 0) is 9.59 Å². The van der Waals surface area contributed by atoms with E-state index in [4.69, 9.17) is 9.72 Å². The molecule has 2 aromatic heterocycles. The minimum Gasteiger partial charge on any atom is -0.482 e. The number of fused-ring (bicyclic) bond motifs is 1. The topological polar surface area (TPSA) is 84.4 Å². The zero-order valence-corrected chi connectivity index (χ0v) is 19.4. The number of pyridine rings is 1. The van der Waals surface area contributed by atoms with Gasteiger partial charge < -0.3 is 10.1 Å². The molecule has 0 bridgehead atoms. The Bertz CT molecular complexity index is 1170. The molecule has 8 heteroatoms. The van der Waals surface area contributed by atoms with Gasteiger partial charge in [-0.3, -0.25) is 19.5 Å². The van der Waals surface area contributed by atoms with Crippen molar-refractivity contribution in [1.29, 1.82) is 0 Å². The molecule has 0 unspecified atom stereocenters. The van der Waals surface area contributed by atoms with Gasteiger partial charge in [-0.05, 0) is 50.1 Å². The first-order valence-corrected chi connectivity index (χ1v) is 12.2. The van der Waals surface area contributed by atoms with Gasteiger partial charge in [0.2, 0.25) is 5.91 Å². The fourth-order valence-corrected chi connectivity index (χ4v) is 5.36. The average molecular weight is 463 g/mol. The van der Waals surface area contributed by atoms with Crippen molar-refractivity contribution in [2.24, 2.45) is 0 Å². The molecule has 1 saturated carbocycles. The minimum absolute atomic E-state index is 0.00954. The molecule has 3 aromatic rings. The summed E-state index contributed by atoms with van der Waals surface area (Å²) in [5.41, 5.74) is 3.15. The molecule has 5 rings (SSSR count). The van der Waals surface area contributed by atoms with Crippen LogP contribution in [0.2, 0.25) is 0 Å². The first kappa shape index (κ1) is 21.6. The third-order valence-electron chi connectivity index (χ3n) is 6.13. The Labute approximate surface area is 196 Å². The number of carbonyl (C=O) groups excluding carboxylic acids is 2. The number of thiazole rings is 1. The van der Waals surface area contributed by atoms with Gasteiger partial charge in [-0.2, -0.15) is 0 Å². The normalized spacial score (nSPS) is 16.3. The van der Waals surface area contributed by atoms with Crippen LogP contribution >= 0.6 is 11.3 Å². The van der Waals surface area contributed by atoms with Crippen molar-refractivity contribution in [1.82, 2.24) is 15.3 Å². The molecule has 1 aliphatic carbocycles. The number of hydrogen-bond acceptors (Lipinski definition) is 6. The van der Waals surface area contributed by atoms with Crippen LogP contribution in [0.5, 0.6) is 5.75 Å². The van der Waals surface area contributed by atoms with E-state index in [1.807, 2.05) is 43.3 Å². The number of nitrogens with zero attached hydrogens (tertiary/aromatic N) is 3. The number of nitrogens with one attached hydrogen (secondary N) is 1. The second-order valence-corrected chi connectivity index (χ2v) is 9.70. The van der Waals surface area contributed by atoms with Crippen molar-refractivity contribution >= 4 is 28.8 Å². The maximum absolute atomic E-state index is 12.7. The van der Waals surface area contributed by atoms with Crippen molar-refractivity contribution in [3.63, 3.8) is 0 Å². The summed E-state index contributed by atoms with van der Waals surface area (Å²) in [5, 5.41) is 3.95. The van der Waals surface area contributed by atoms with Crippen molar-refractivity contribution in [3.05, 3.63) is 47.5 Å². The SMILES string of the molecule is Cc1sc(-c2ccccn2)nc1-c1ccc2c(c1)N(CC(=O)NC1CCCCC1)C(=O)CO2. The van der Waals surface area contributed by atoms with Crippen molar-refractivity contribution in [3.8, 4) is 27.7 Å². The molecule has 0 radical (unpaired) electrons. The number of ether oxygens (including phenoxy) is 1. The number of aromatic nitrogens is 2. The molecular formula is C25H26N4O3S. The summed E-state index contributed by atoms with van der Waals surface area (Å²) in [4.78, 5) is 37.2. The van der Waals surface area contributed by atoms with E-state index in [2.05, 4.69) is 10.3 Å². The van der Waals surface area contributed by atoms with Gasteiger partial charge in [0, 0.05) is 22.7 Å². The molecule has 2 aliphatic rings. The largest absolute Gasteiger partial charge is 0.482 e. The minimum atomic E-state index is -0.220. The summed E-state index contributed by atoms with van der Waals surface area (Å²) in [7, 11) is 0. The first-order valence-electron chi connectivity index (χ1n) is 11.3. The quantitative estimate of drug-likeness (QED) is 0.609. The van der Waals surface area contributed by atoms with Crippen molar-refractivity contribution < 1.29 is 14.3 Å². The molecule has 170 valence electrons. The zero-order valence-electron chi connectivity index (χ0n) is 18.5. The molecule has 1 fully saturated rings. The number of carbonyl (C=O) groups is 2. The van der Waals surface area contributed by atoms with E-state index in [1.165, 1.54) is 11.3 Å². The molecule has 0 saturated heterocycles. The molecule has 1 N–H and O–H groups in total. The van der Waals surface area contributed by atoms with Gasteiger partial charge in [-0.1, -0.05) is 25.3 Å². The predicted octanol–water partition coefficient (Wildman–Crippen LogP) is 4.35. The summed E-state index contributed by atoms with van der Waals surface area (Å²) in [5.74, 6) is 0.250. The van der Waals surface area contributed by atoms with Crippen molar-refractivity contribution in [2.45, 2.75) is 45.1 Å². The van der Waals surface area contributed by atoms with E-state index in [0.29, 0.717) is 11.4 Å². The summed E-state index contributed by atoms with van der Waals surface area (Å²) < 4.78 is 5.64. The summed E-state index contributed by atoms with van der Waals surface area (Å²) in [6, 6.07) is 11.7. The Morgan fingerprint density at radius 2 is 2.06 bits per heavy atom. The molecule has 3 heterocycles. The number of benzene rings is 1. The lowest BCUT2D eigenvalue weighted by atomic mass is 9.95. The number of amides is 2. The lowest BCUT2D eigenvalue weighted by Gasteiger charge is -2.30. The highest BCUT2D eigenvalue weighted by Gasteiger charge is 2.29. The van der Waals surface area contributed by atoms with Crippen LogP contribution in [-0.4, -0.2) is 41.0 Å². The molecule has 2 amide bonds. The monoisotopic (exact) mass is 462 g/mol. The highest BCUT2D eigenvalue weighted by Crippen LogP contribution is 2.39. The molecule has 1 aromatic carbocycles. The summed E-state index contributed by atoms with van der Waals surface area (Å²) in [6.07, 6.45) is 7.27. The molecular weight excluding hydrogens is 436 g/mol. The highest BCUT2D eigenvalue weighted by molar-refractivity contribution is 7.15. The van der Waals surface area contributed by atoms with Crippen LogP contribution in [0, 0.1) is 6.92 Å². The Hall–Kier alpha value is -3.26. The lowest BCUT2D eigenvalue weighted by Crippen LogP contribution is -2.47. The molecule has 0 spiro atoms. The Morgan fingerprint density at radius 1 is 1.21 bits per heavy atom. The maximum Gasteiger partial charge on any atom is 0.265 e. The van der Waals surface area contributed by atoms with Crippen molar-refractivity contribution in [2.75, 3.05) is 18.1 Å². The van der Waals surface area contributed by atoms with Gasteiger partial charge in [-0.15, -0.1) is 11.3 Å². The summed E-state index contributed by atoms with van der Waals surface area (Å²) in [6.45, 7) is 1.95. The number of aryl methyl sites for hydroxylation is 1. The van der Waals surface area contributed by atoms with Crippen LogP contribution in [0.15, 0.2) is 42.6 Å². The van der Waals surface area contributed by atoms with Crippen LogP contribution in [0.1, 0.15) is 37.0 Å².